The van der Waals surface area contributed by atoms with Crippen molar-refractivity contribution >= 4 is 33.0 Å². The second-order valence-electron chi connectivity index (χ2n) is 5.75. The standard InChI is InChI=1S/C12H11N.C10H8N2O2S2/c1-3-7-11(8-4-1)13-12-9-5-2-6-10-12;13-11-7-3-1-5-9(11)15-16-10-6-2-4-8-12(10)14/h1-10,13H;1-8H. The molecule has 4 aromatic rings. The van der Waals surface area contributed by atoms with Crippen molar-refractivity contribution in [1.29, 1.82) is 0 Å². The van der Waals surface area contributed by atoms with Crippen molar-refractivity contribution in [3.8, 4) is 0 Å². The van der Waals surface area contributed by atoms with E-state index in [0.717, 1.165) is 20.8 Å². The van der Waals surface area contributed by atoms with Gasteiger partial charge in [0.05, 0.1) is 0 Å². The molecule has 0 radical (unpaired) electrons. The normalized spacial score (nSPS) is 9.93. The van der Waals surface area contributed by atoms with E-state index in [2.05, 4.69) is 5.32 Å². The number of benzene rings is 2. The van der Waals surface area contributed by atoms with Crippen molar-refractivity contribution in [2.24, 2.45) is 0 Å². The number of nitrogens with one attached hydrogen (secondary N) is 1. The predicted octanol–water partition coefficient (Wildman–Crippen LogP) is 5.18. The lowest BCUT2D eigenvalue weighted by Crippen LogP contribution is -2.28. The number of nitrogens with zero attached hydrogens (tertiary/aromatic N) is 2. The van der Waals surface area contributed by atoms with E-state index in [1.807, 2.05) is 60.7 Å². The molecule has 0 saturated carbocycles. The molecule has 0 amide bonds. The van der Waals surface area contributed by atoms with Gasteiger partial charge in [0.1, 0.15) is 0 Å². The summed E-state index contributed by atoms with van der Waals surface area (Å²) in [5, 5.41) is 27.1. The summed E-state index contributed by atoms with van der Waals surface area (Å²) >= 11 is 0. The van der Waals surface area contributed by atoms with Crippen molar-refractivity contribution in [3.05, 3.63) is 120 Å². The van der Waals surface area contributed by atoms with Crippen LogP contribution in [-0.4, -0.2) is 0 Å². The average Bonchev–Trinajstić information content (AvgIpc) is 2.76. The van der Waals surface area contributed by atoms with E-state index in [0.29, 0.717) is 10.1 Å². The third-order valence-electron chi connectivity index (χ3n) is 3.63. The van der Waals surface area contributed by atoms with Crippen LogP contribution in [-0.2, 0) is 0 Å². The summed E-state index contributed by atoms with van der Waals surface area (Å²) in [4.78, 5) is 0. The Morgan fingerprint density at radius 1 is 0.517 bits per heavy atom. The highest BCUT2D eigenvalue weighted by Crippen LogP contribution is 2.33. The molecular formula is C22H19N3O2S2. The zero-order valence-corrected chi connectivity index (χ0v) is 17.1. The summed E-state index contributed by atoms with van der Waals surface area (Å²) in [5.41, 5.74) is 2.24. The Kier molecular flexibility index (Phi) is 7.80. The first-order valence-corrected chi connectivity index (χ1v) is 11.0. The molecule has 0 fully saturated rings. The Hall–Kier alpha value is -3.16. The largest absolute Gasteiger partial charge is 0.618 e. The fourth-order valence-electron chi connectivity index (χ4n) is 2.25. The first kappa shape index (κ1) is 20.6. The fraction of sp³-hybridized carbons (Fsp3) is 0. The first-order valence-electron chi connectivity index (χ1n) is 8.80. The summed E-state index contributed by atoms with van der Waals surface area (Å²) in [6.07, 6.45) is 2.86. The van der Waals surface area contributed by atoms with Gasteiger partial charge in [-0.3, -0.25) is 0 Å². The Labute approximate surface area is 177 Å². The molecule has 0 bridgehead atoms. The van der Waals surface area contributed by atoms with Crippen LogP contribution < -0.4 is 14.8 Å². The molecule has 0 atom stereocenters. The van der Waals surface area contributed by atoms with Crippen molar-refractivity contribution in [2.75, 3.05) is 5.32 Å². The number of hydrogen-bond donors (Lipinski definition) is 1. The maximum atomic E-state index is 11.3. The lowest BCUT2D eigenvalue weighted by molar-refractivity contribution is -0.646. The third kappa shape index (κ3) is 6.74. The van der Waals surface area contributed by atoms with Crippen LogP contribution in [0.3, 0.4) is 0 Å². The maximum Gasteiger partial charge on any atom is 0.262 e. The molecule has 4 rings (SSSR count). The van der Waals surface area contributed by atoms with Crippen LogP contribution >= 0.6 is 21.6 Å². The zero-order valence-electron chi connectivity index (χ0n) is 15.4. The minimum absolute atomic E-state index is 0.552. The van der Waals surface area contributed by atoms with Gasteiger partial charge in [0.25, 0.3) is 10.1 Å². The van der Waals surface area contributed by atoms with E-state index >= 15 is 0 Å². The summed E-state index contributed by atoms with van der Waals surface area (Å²) in [6, 6.07) is 30.6. The van der Waals surface area contributed by atoms with Crippen molar-refractivity contribution < 1.29 is 9.46 Å². The molecule has 1 N–H and O–H groups in total. The van der Waals surface area contributed by atoms with Gasteiger partial charge in [-0.15, -0.1) is 0 Å². The molecule has 2 aromatic heterocycles. The molecule has 0 aliphatic rings. The first-order chi connectivity index (χ1) is 14.2. The second-order valence-corrected chi connectivity index (χ2v) is 7.92. The van der Waals surface area contributed by atoms with Gasteiger partial charge in [-0.05, 0) is 36.4 Å². The summed E-state index contributed by atoms with van der Waals surface area (Å²) in [7, 11) is 2.52. The zero-order chi connectivity index (χ0) is 20.3. The molecule has 2 heterocycles. The molecule has 29 heavy (non-hydrogen) atoms. The van der Waals surface area contributed by atoms with Gasteiger partial charge in [0.15, 0.2) is 12.4 Å². The van der Waals surface area contributed by atoms with Crippen molar-refractivity contribution in [1.82, 2.24) is 0 Å². The van der Waals surface area contributed by atoms with E-state index in [1.54, 1.807) is 36.4 Å². The molecular weight excluding hydrogens is 402 g/mol. The minimum Gasteiger partial charge on any atom is -0.618 e. The third-order valence-corrected chi connectivity index (χ3v) is 5.96. The molecule has 0 aliphatic carbocycles. The number of pyridine rings is 2. The molecule has 2 aromatic carbocycles. The number of hydrogen-bond acceptors (Lipinski definition) is 5. The van der Waals surface area contributed by atoms with E-state index in [1.165, 1.54) is 34.0 Å². The number of anilines is 2. The quantitative estimate of drug-likeness (QED) is 0.273. The van der Waals surface area contributed by atoms with E-state index in [-0.39, 0.29) is 0 Å². The number of para-hydroxylation sites is 2. The minimum atomic E-state index is 0.552. The lowest BCUT2D eigenvalue weighted by atomic mass is 10.3. The molecule has 0 spiro atoms. The van der Waals surface area contributed by atoms with Gasteiger partial charge < -0.3 is 15.7 Å². The molecule has 146 valence electrons. The number of aromatic nitrogens is 2. The Balaban J connectivity index is 0.000000169. The summed E-state index contributed by atoms with van der Waals surface area (Å²) < 4.78 is 1.55. The van der Waals surface area contributed by atoms with Gasteiger partial charge in [-0.2, -0.15) is 9.46 Å². The van der Waals surface area contributed by atoms with E-state index in [9.17, 15) is 10.4 Å². The van der Waals surface area contributed by atoms with Gasteiger partial charge in [-0.25, -0.2) is 0 Å². The van der Waals surface area contributed by atoms with Crippen molar-refractivity contribution in [2.45, 2.75) is 10.1 Å². The smallest absolute Gasteiger partial charge is 0.262 e. The average molecular weight is 422 g/mol. The fourth-order valence-corrected chi connectivity index (χ4v) is 4.24. The van der Waals surface area contributed by atoms with Crippen LogP contribution in [0.2, 0.25) is 0 Å². The molecule has 7 heteroatoms. The highest BCUT2D eigenvalue weighted by molar-refractivity contribution is 8.76. The lowest BCUT2D eigenvalue weighted by Gasteiger charge is -2.04. The van der Waals surface area contributed by atoms with Crippen LogP contribution in [0.25, 0.3) is 0 Å². The topological polar surface area (TPSA) is 65.9 Å². The van der Waals surface area contributed by atoms with Gasteiger partial charge >= 0.3 is 0 Å². The van der Waals surface area contributed by atoms with Crippen LogP contribution in [0.5, 0.6) is 0 Å². The van der Waals surface area contributed by atoms with Gasteiger partial charge in [-0.1, -0.05) is 36.4 Å². The second kappa shape index (κ2) is 11.0. The van der Waals surface area contributed by atoms with E-state index < -0.39 is 0 Å². The molecule has 0 unspecified atom stereocenters. The molecule has 0 aliphatic heterocycles. The Morgan fingerprint density at radius 3 is 1.28 bits per heavy atom. The summed E-state index contributed by atoms with van der Waals surface area (Å²) in [5.74, 6) is 0. The monoisotopic (exact) mass is 421 g/mol. The van der Waals surface area contributed by atoms with E-state index in [4.69, 9.17) is 0 Å². The van der Waals surface area contributed by atoms with Gasteiger partial charge in [0, 0.05) is 57.2 Å². The van der Waals surface area contributed by atoms with Crippen LogP contribution in [0, 0.1) is 10.4 Å². The number of rotatable bonds is 5. The summed E-state index contributed by atoms with van der Waals surface area (Å²) in [6.45, 7) is 0. The van der Waals surface area contributed by atoms with Crippen molar-refractivity contribution in [3.63, 3.8) is 0 Å². The Bertz CT molecular complexity index is 935. The maximum absolute atomic E-state index is 11.3. The predicted molar refractivity (Wildman–Crippen MR) is 119 cm³/mol. The highest BCUT2D eigenvalue weighted by atomic mass is 33.1. The van der Waals surface area contributed by atoms with Crippen LogP contribution in [0.1, 0.15) is 0 Å². The van der Waals surface area contributed by atoms with Gasteiger partial charge in [0.2, 0.25) is 0 Å². The molecule has 5 nitrogen and oxygen atoms in total. The highest BCUT2D eigenvalue weighted by Gasteiger charge is 2.10. The van der Waals surface area contributed by atoms with Crippen LogP contribution in [0.4, 0.5) is 11.4 Å². The SMILES string of the molecule is [O-][n+]1ccccc1SSc1cccc[n+]1[O-].c1ccc(Nc2ccccc2)cc1. The van der Waals surface area contributed by atoms with Crippen LogP contribution in [0.15, 0.2) is 120 Å². The Morgan fingerprint density at radius 2 is 0.897 bits per heavy atom. The molecule has 0 saturated heterocycles.